The smallest absolute Gasteiger partial charge is 0.261 e. The van der Waals surface area contributed by atoms with Crippen LogP contribution in [0.15, 0.2) is 41.8 Å². The molecule has 17 heavy (non-hydrogen) atoms. The first-order valence-electron chi connectivity index (χ1n) is 4.82. The minimum absolute atomic E-state index is 0.0347. The lowest BCUT2D eigenvalue weighted by atomic mass is 10.2. The molecule has 0 bridgehead atoms. The molecule has 0 fully saturated rings. The lowest BCUT2D eigenvalue weighted by Crippen LogP contribution is -2.30. The highest BCUT2D eigenvalue weighted by Crippen LogP contribution is 2.15. The molecule has 0 aliphatic heterocycles. The highest BCUT2D eigenvalue weighted by molar-refractivity contribution is 8.13. The zero-order valence-corrected chi connectivity index (χ0v) is 10.8. The number of amides is 1. The molecular formula is C11H12ClNO3S. The van der Waals surface area contributed by atoms with Gasteiger partial charge in [-0.25, -0.2) is 8.42 Å². The second kappa shape index (κ2) is 5.33. The van der Waals surface area contributed by atoms with Crippen LogP contribution in [0.5, 0.6) is 0 Å². The van der Waals surface area contributed by atoms with E-state index in [1.807, 2.05) is 0 Å². The zero-order chi connectivity index (χ0) is 13.1. The Morgan fingerprint density at radius 3 is 2.35 bits per heavy atom. The molecule has 1 N–H and O–H groups in total. The molecule has 0 radical (unpaired) electrons. The van der Waals surface area contributed by atoms with E-state index in [0.29, 0.717) is 5.56 Å². The second-order valence-electron chi connectivity index (χ2n) is 3.46. The van der Waals surface area contributed by atoms with Gasteiger partial charge >= 0.3 is 0 Å². The monoisotopic (exact) mass is 273 g/mol. The number of benzene rings is 1. The maximum absolute atomic E-state index is 11.6. The number of halogens is 1. The number of hydrogen-bond donors (Lipinski definition) is 1. The molecule has 0 heterocycles. The standard InChI is InChI=1S/C11H12ClNO3S/c1-3-8(2)13-11(14)9-4-6-10(7-5-9)17(12,15)16/h3-8H,1H2,2H3,(H,13,14). The topological polar surface area (TPSA) is 63.2 Å². The first-order valence-corrected chi connectivity index (χ1v) is 7.13. The summed E-state index contributed by atoms with van der Waals surface area (Å²) in [5.41, 5.74) is 0.364. The molecule has 0 saturated carbocycles. The van der Waals surface area contributed by atoms with Crippen molar-refractivity contribution in [3.05, 3.63) is 42.5 Å². The van der Waals surface area contributed by atoms with Gasteiger partial charge in [-0.05, 0) is 31.2 Å². The Morgan fingerprint density at radius 2 is 1.94 bits per heavy atom. The predicted octanol–water partition coefficient (Wildman–Crippen LogP) is 1.92. The maximum atomic E-state index is 11.6. The number of rotatable bonds is 4. The highest BCUT2D eigenvalue weighted by Gasteiger charge is 2.12. The third-order valence-corrected chi connectivity index (χ3v) is 3.48. The Morgan fingerprint density at radius 1 is 1.41 bits per heavy atom. The molecule has 6 heteroatoms. The first-order chi connectivity index (χ1) is 7.84. The molecule has 0 aliphatic carbocycles. The van der Waals surface area contributed by atoms with Gasteiger partial charge in [0.15, 0.2) is 0 Å². The van der Waals surface area contributed by atoms with Gasteiger partial charge in [-0.2, -0.15) is 0 Å². The van der Waals surface area contributed by atoms with Crippen LogP contribution in [-0.2, 0) is 9.05 Å². The van der Waals surface area contributed by atoms with E-state index in [1.54, 1.807) is 13.0 Å². The van der Waals surface area contributed by atoms with Crippen LogP contribution in [0.4, 0.5) is 0 Å². The molecule has 0 saturated heterocycles. The Hall–Kier alpha value is -1.33. The quantitative estimate of drug-likeness (QED) is 0.673. The third kappa shape index (κ3) is 3.87. The van der Waals surface area contributed by atoms with Crippen LogP contribution in [0.2, 0.25) is 0 Å². The van der Waals surface area contributed by atoms with Gasteiger partial charge in [0.25, 0.3) is 15.0 Å². The third-order valence-electron chi connectivity index (χ3n) is 2.11. The molecule has 1 rings (SSSR count). The summed E-state index contributed by atoms with van der Waals surface area (Å²) < 4.78 is 22.0. The molecule has 0 aliphatic rings. The van der Waals surface area contributed by atoms with Crippen molar-refractivity contribution in [3.8, 4) is 0 Å². The average molecular weight is 274 g/mol. The summed E-state index contributed by atoms with van der Waals surface area (Å²) >= 11 is 0. The van der Waals surface area contributed by atoms with E-state index in [0.717, 1.165) is 0 Å². The van der Waals surface area contributed by atoms with E-state index in [1.165, 1.54) is 24.3 Å². The maximum Gasteiger partial charge on any atom is 0.261 e. The van der Waals surface area contributed by atoms with Crippen molar-refractivity contribution in [2.45, 2.75) is 17.9 Å². The van der Waals surface area contributed by atoms with Crippen LogP contribution in [0.3, 0.4) is 0 Å². The van der Waals surface area contributed by atoms with Gasteiger partial charge in [-0.3, -0.25) is 4.79 Å². The molecule has 1 aromatic carbocycles. The fourth-order valence-corrected chi connectivity index (χ4v) is 1.89. The number of nitrogens with one attached hydrogen (secondary N) is 1. The molecule has 1 amide bonds. The van der Waals surface area contributed by atoms with Crippen molar-refractivity contribution in [2.24, 2.45) is 0 Å². The molecule has 92 valence electrons. The number of carbonyl (C=O) groups excluding carboxylic acids is 1. The second-order valence-corrected chi connectivity index (χ2v) is 6.03. The minimum Gasteiger partial charge on any atom is -0.346 e. The van der Waals surface area contributed by atoms with E-state index in [-0.39, 0.29) is 16.8 Å². The van der Waals surface area contributed by atoms with Crippen LogP contribution in [0, 0.1) is 0 Å². The van der Waals surface area contributed by atoms with E-state index in [2.05, 4.69) is 11.9 Å². The average Bonchev–Trinajstić information content (AvgIpc) is 2.27. The fraction of sp³-hybridized carbons (Fsp3) is 0.182. The predicted molar refractivity (Wildman–Crippen MR) is 66.6 cm³/mol. The van der Waals surface area contributed by atoms with E-state index in [4.69, 9.17) is 10.7 Å². The van der Waals surface area contributed by atoms with Crippen LogP contribution in [0.1, 0.15) is 17.3 Å². The largest absolute Gasteiger partial charge is 0.346 e. The molecule has 1 atom stereocenters. The van der Waals surface area contributed by atoms with Crippen LogP contribution in [0.25, 0.3) is 0 Å². The van der Waals surface area contributed by atoms with Crippen LogP contribution < -0.4 is 5.32 Å². The lowest BCUT2D eigenvalue weighted by Gasteiger charge is -2.09. The van der Waals surface area contributed by atoms with Crippen molar-refractivity contribution in [1.82, 2.24) is 5.32 Å². The summed E-state index contributed by atoms with van der Waals surface area (Å²) in [7, 11) is 1.41. The van der Waals surface area contributed by atoms with Crippen LogP contribution in [-0.4, -0.2) is 20.4 Å². The summed E-state index contributed by atoms with van der Waals surface area (Å²) in [6.07, 6.45) is 1.59. The van der Waals surface area contributed by atoms with Gasteiger partial charge in [0.2, 0.25) is 0 Å². The summed E-state index contributed by atoms with van der Waals surface area (Å²) in [4.78, 5) is 11.6. The molecular weight excluding hydrogens is 262 g/mol. The number of carbonyl (C=O) groups is 1. The van der Waals surface area contributed by atoms with Gasteiger partial charge < -0.3 is 5.32 Å². The molecule has 1 unspecified atom stereocenters. The highest BCUT2D eigenvalue weighted by atomic mass is 35.7. The van der Waals surface area contributed by atoms with Crippen molar-refractivity contribution in [2.75, 3.05) is 0 Å². The zero-order valence-electron chi connectivity index (χ0n) is 9.18. The van der Waals surface area contributed by atoms with Crippen molar-refractivity contribution >= 4 is 25.6 Å². The summed E-state index contributed by atoms with van der Waals surface area (Å²) in [6.45, 7) is 5.32. The van der Waals surface area contributed by atoms with Crippen LogP contribution >= 0.6 is 10.7 Å². The van der Waals surface area contributed by atoms with Gasteiger partial charge in [-0.1, -0.05) is 6.08 Å². The van der Waals surface area contributed by atoms with Crippen molar-refractivity contribution in [1.29, 1.82) is 0 Å². The lowest BCUT2D eigenvalue weighted by molar-refractivity contribution is 0.0947. The van der Waals surface area contributed by atoms with Gasteiger partial charge in [0.05, 0.1) is 4.90 Å². The normalized spacial score (nSPS) is 12.8. The van der Waals surface area contributed by atoms with E-state index < -0.39 is 9.05 Å². The molecule has 1 aromatic rings. The Labute approximate surface area is 105 Å². The Bertz CT molecular complexity index is 522. The first kappa shape index (κ1) is 13.7. The molecule has 0 aromatic heterocycles. The summed E-state index contributed by atoms with van der Waals surface area (Å²) in [5, 5.41) is 2.66. The minimum atomic E-state index is -3.75. The van der Waals surface area contributed by atoms with Gasteiger partial charge in [0, 0.05) is 22.3 Å². The Kier molecular flexibility index (Phi) is 4.31. The number of hydrogen-bond acceptors (Lipinski definition) is 3. The van der Waals surface area contributed by atoms with Gasteiger partial charge in [-0.15, -0.1) is 6.58 Å². The SMILES string of the molecule is C=CC(C)NC(=O)c1ccc(S(=O)(=O)Cl)cc1. The summed E-state index contributed by atoms with van der Waals surface area (Å²) in [5.74, 6) is -0.295. The van der Waals surface area contributed by atoms with E-state index in [9.17, 15) is 13.2 Å². The Balaban J connectivity index is 2.88. The fourth-order valence-electron chi connectivity index (χ4n) is 1.12. The summed E-state index contributed by atoms with van der Waals surface area (Å²) in [6, 6.07) is 5.23. The molecule has 0 spiro atoms. The molecule has 4 nitrogen and oxygen atoms in total. The van der Waals surface area contributed by atoms with Crippen molar-refractivity contribution < 1.29 is 13.2 Å². The van der Waals surface area contributed by atoms with Gasteiger partial charge in [0.1, 0.15) is 0 Å². The van der Waals surface area contributed by atoms with E-state index >= 15 is 0 Å². The van der Waals surface area contributed by atoms with Crippen molar-refractivity contribution in [3.63, 3.8) is 0 Å².